The quantitative estimate of drug-likeness (QED) is 0.503. The van der Waals surface area contributed by atoms with Gasteiger partial charge in [0.1, 0.15) is 12.2 Å². The maximum Gasteiger partial charge on any atom is 0.333 e. The smallest absolute Gasteiger partial charge is 0.333 e. The highest BCUT2D eigenvalue weighted by molar-refractivity contribution is 5.17. The SMILES string of the molecule is O=c1cc2n(c(=O)[nH]1)[C@@H]1O[C@H](CO)[C@H](O)[C@@H]1O2. The summed E-state index contributed by atoms with van der Waals surface area (Å²) in [6.45, 7) is -0.370. The summed E-state index contributed by atoms with van der Waals surface area (Å²) in [5.74, 6) is 0.0594. The summed E-state index contributed by atoms with van der Waals surface area (Å²) in [7, 11) is 0. The summed E-state index contributed by atoms with van der Waals surface area (Å²) in [5.41, 5.74) is -1.24. The fourth-order valence-electron chi connectivity index (χ4n) is 2.16. The van der Waals surface area contributed by atoms with Gasteiger partial charge in [-0.25, -0.2) is 9.36 Å². The van der Waals surface area contributed by atoms with Gasteiger partial charge < -0.3 is 19.7 Å². The van der Waals surface area contributed by atoms with Crippen LogP contribution < -0.4 is 16.0 Å². The van der Waals surface area contributed by atoms with Crippen molar-refractivity contribution >= 4 is 0 Å². The Hall–Kier alpha value is -1.64. The first-order valence-electron chi connectivity index (χ1n) is 5.08. The second-order valence-corrected chi connectivity index (χ2v) is 3.97. The van der Waals surface area contributed by atoms with Gasteiger partial charge in [0.2, 0.25) is 5.88 Å². The highest BCUT2D eigenvalue weighted by Gasteiger charge is 2.51. The van der Waals surface area contributed by atoms with Gasteiger partial charge in [0, 0.05) is 0 Å². The van der Waals surface area contributed by atoms with E-state index in [1.807, 2.05) is 0 Å². The molecule has 0 aromatic carbocycles. The average Bonchev–Trinajstić information content (AvgIpc) is 2.75. The van der Waals surface area contributed by atoms with Gasteiger partial charge in [-0.1, -0.05) is 0 Å². The molecule has 3 N–H and O–H groups in total. The predicted octanol–water partition coefficient (Wildman–Crippen LogP) is -2.45. The van der Waals surface area contributed by atoms with Crippen molar-refractivity contribution < 1.29 is 19.7 Å². The molecule has 1 fully saturated rings. The van der Waals surface area contributed by atoms with Crippen molar-refractivity contribution in [2.24, 2.45) is 0 Å². The van der Waals surface area contributed by atoms with E-state index in [1.54, 1.807) is 0 Å². The van der Waals surface area contributed by atoms with Crippen LogP contribution in [0.5, 0.6) is 5.88 Å². The van der Waals surface area contributed by atoms with E-state index < -0.39 is 35.8 Å². The number of aliphatic hydroxyl groups excluding tert-OH is 2. The molecule has 0 amide bonds. The average molecular weight is 242 g/mol. The monoisotopic (exact) mass is 242 g/mol. The number of aliphatic hydroxyl groups is 2. The minimum absolute atomic E-state index is 0.0594. The van der Waals surface area contributed by atoms with Crippen molar-refractivity contribution in [3.8, 4) is 5.88 Å². The molecule has 3 heterocycles. The minimum Gasteiger partial charge on any atom is -0.467 e. The van der Waals surface area contributed by atoms with Gasteiger partial charge in [0.15, 0.2) is 12.3 Å². The van der Waals surface area contributed by atoms with Crippen LogP contribution in [0.4, 0.5) is 0 Å². The highest BCUT2D eigenvalue weighted by atomic mass is 16.6. The number of aromatic amines is 1. The van der Waals surface area contributed by atoms with Crippen molar-refractivity contribution in [1.29, 1.82) is 0 Å². The zero-order valence-electron chi connectivity index (χ0n) is 8.57. The van der Waals surface area contributed by atoms with Crippen LogP contribution in [-0.4, -0.2) is 44.7 Å². The Bertz CT molecular complexity index is 563. The van der Waals surface area contributed by atoms with Crippen LogP contribution in [0.2, 0.25) is 0 Å². The molecule has 0 spiro atoms. The Labute approximate surface area is 94.0 Å². The third-order valence-corrected chi connectivity index (χ3v) is 2.94. The molecular formula is C9H10N2O6. The molecule has 0 bridgehead atoms. The van der Waals surface area contributed by atoms with Gasteiger partial charge in [-0.3, -0.25) is 9.78 Å². The summed E-state index contributed by atoms with van der Waals surface area (Å²) >= 11 is 0. The van der Waals surface area contributed by atoms with Crippen molar-refractivity contribution in [2.45, 2.75) is 24.5 Å². The summed E-state index contributed by atoms with van der Waals surface area (Å²) in [4.78, 5) is 24.7. The molecule has 1 aromatic rings. The van der Waals surface area contributed by atoms with Crippen LogP contribution in [0.3, 0.4) is 0 Å². The lowest BCUT2D eigenvalue weighted by Crippen LogP contribution is -2.34. The molecule has 1 saturated heterocycles. The molecule has 2 aliphatic rings. The van der Waals surface area contributed by atoms with Crippen LogP contribution in [0, 0.1) is 0 Å². The Kier molecular flexibility index (Phi) is 2.12. The molecule has 0 unspecified atom stereocenters. The zero-order chi connectivity index (χ0) is 12.2. The normalized spacial score (nSPS) is 34.2. The van der Waals surface area contributed by atoms with E-state index in [0.29, 0.717) is 0 Å². The van der Waals surface area contributed by atoms with Gasteiger partial charge >= 0.3 is 5.69 Å². The van der Waals surface area contributed by atoms with E-state index in [2.05, 4.69) is 4.98 Å². The zero-order valence-corrected chi connectivity index (χ0v) is 8.57. The minimum atomic E-state index is -1.04. The maximum absolute atomic E-state index is 11.6. The van der Waals surface area contributed by atoms with Gasteiger partial charge in [-0.15, -0.1) is 0 Å². The van der Waals surface area contributed by atoms with E-state index in [4.69, 9.17) is 14.6 Å². The van der Waals surface area contributed by atoms with Crippen LogP contribution in [-0.2, 0) is 4.74 Å². The van der Waals surface area contributed by atoms with Crippen molar-refractivity contribution in [2.75, 3.05) is 6.61 Å². The summed E-state index contributed by atoms with van der Waals surface area (Å²) in [5, 5.41) is 18.7. The number of nitrogens with one attached hydrogen (secondary N) is 1. The number of hydrogen-bond acceptors (Lipinski definition) is 6. The third kappa shape index (κ3) is 1.35. The first-order valence-corrected chi connectivity index (χ1v) is 5.08. The lowest BCUT2D eigenvalue weighted by atomic mass is 10.1. The molecule has 8 nitrogen and oxygen atoms in total. The van der Waals surface area contributed by atoms with Gasteiger partial charge in [0.05, 0.1) is 12.7 Å². The molecular weight excluding hydrogens is 232 g/mol. The van der Waals surface area contributed by atoms with Crippen molar-refractivity contribution in [1.82, 2.24) is 9.55 Å². The Morgan fingerprint density at radius 2 is 2.24 bits per heavy atom. The number of fused-ring (bicyclic) bond motifs is 3. The summed E-state index contributed by atoms with van der Waals surface area (Å²) in [6, 6.07) is 1.11. The number of nitrogens with zero attached hydrogens (tertiary/aromatic N) is 1. The first-order chi connectivity index (χ1) is 8.11. The molecule has 0 aliphatic carbocycles. The van der Waals surface area contributed by atoms with E-state index in [0.717, 1.165) is 10.6 Å². The number of H-pyrrole nitrogens is 1. The van der Waals surface area contributed by atoms with E-state index in [9.17, 15) is 14.7 Å². The largest absolute Gasteiger partial charge is 0.467 e. The van der Waals surface area contributed by atoms with Crippen LogP contribution >= 0.6 is 0 Å². The molecule has 3 rings (SSSR count). The van der Waals surface area contributed by atoms with Crippen LogP contribution in [0.15, 0.2) is 15.7 Å². The lowest BCUT2D eigenvalue weighted by Gasteiger charge is -2.14. The maximum atomic E-state index is 11.6. The van der Waals surface area contributed by atoms with Crippen LogP contribution in [0.25, 0.3) is 0 Å². The van der Waals surface area contributed by atoms with Gasteiger partial charge in [-0.2, -0.15) is 0 Å². The number of hydrogen-bond donors (Lipinski definition) is 3. The molecule has 1 aromatic heterocycles. The van der Waals surface area contributed by atoms with Crippen LogP contribution in [0.1, 0.15) is 6.23 Å². The summed E-state index contributed by atoms with van der Waals surface area (Å²) < 4.78 is 11.7. The third-order valence-electron chi connectivity index (χ3n) is 2.94. The number of ether oxygens (including phenoxy) is 2. The number of rotatable bonds is 1. The molecule has 17 heavy (non-hydrogen) atoms. The molecule has 0 saturated carbocycles. The predicted molar refractivity (Wildman–Crippen MR) is 52.7 cm³/mol. The van der Waals surface area contributed by atoms with E-state index in [-0.39, 0.29) is 12.5 Å². The van der Waals surface area contributed by atoms with Crippen molar-refractivity contribution in [3.05, 3.63) is 26.9 Å². The lowest BCUT2D eigenvalue weighted by molar-refractivity contribution is -0.0445. The van der Waals surface area contributed by atoms with Gasteiger partial charge in [0.25, 0.3) is 5.56 Å². The fraction of sp³-hybridized carbons (Fsp3) is 0.556. The second-order valence-electron chi connectivity index (χ2n) is 3.97. The van der Waals surface area contributed by atoms with E-state index >= 15 is 0 Å². The topological polar surface area (TPSA) is 114 Å². The molecule has 2 aliphatic heterocycles. The molecule has 0 radical (unpaired) electrons. The number of aromatic nitrogens is 2. The molecule has 4 atom stereocenters. The summed E-state index contributed by atoms with van der Waals surface area (Å²) in [6.07, 6.45) is -3.44. The van der Waals surface area contributed by atoms with E-state index in [1.165, 1.54) is 0 Å². The Morgan fingerprint density at radius 1 is 1.47 bits per heavy atom. The van der Waals surface area contributed by atoms with Crippen molar-refractivity contribution in [3.63, 3.8) is 0 Å². The standard InChI is InChI=1S/C9H10N2O6/c12-2-3-6(14)7-8(16-3)11-5(17-7)1-4(13)10-9(11)15/h1,3,6-8,12,14H,2H2,(H,10,13,15)/t3-,6+,7+,8-/m1/s1. The first kappa shape index (κ1) is 10.5. The molecule has 8 heteroatoms. The van der Waals surface area contributed by atoms with Gasteiger partial charge in [-0.05, 0) is 0 Å². The Balaban J connectivity index is 2.08. The fourth-order valence-corrected chi connectivity index (χ4v) is 2.16. The Morgan fingerprint density at radius 3 is 2.94 bits per heavy atom. The second kappa shape index (κ2) is 3.42. The molecule has 92 valence electrons. The highest BCUT2D eigenvalue weighted by Crippen LogP contribution is 2.38.